The molecule has 2 aromatic rings. The monoisotopic (exact) mass is 667 g/mol. The van der Waals surface area contributed by atoms with E-state index in [2.05, 4.69) is 0 Å². The van der Waals surface area contributed by atoms with Crippen LogP contribution in [0.15, 0.2) is 47.4 Å². The summed E-state index contributed by atoms with van der Waals surface area (Å²) in [5, 5.41) is 0. The molecule has 3 aliphatic rings. The molecule has 1 amide bonds. The number of sulfone groups is 1. The maximum Gasteiger partial charge on any atom is 0.435 e. The minimum Gasteiger partial charge on any atom is -0.469 e. The lowest BCUT2D eigenvalue weighted by Gasteiger charge is -2.44. The van der Waals surface area contributed by atoms with Gasteiger partial charge in [-0.3, -0.25) is 9.59 Å². The summed E-state index contributed by atoms with van der Waals surface area (Å²) < 4.78 is 142. The molecule has 2 aromatic carbocycles. The molecule has 0 spiro atoms. The van der Waals surface area contributed by atoms with E-state index in [1.807, 2.05) is 0 Å². The quantitative estimate of drug-likeness (QED) is 0.212. The fourth-order valence-corrected chi connectivity index (χ4v) is 9.66. The average molecular weight is 668 g/mol. The van der Waals surface area contributed by atoms with E-state index in [1.54, 1.807) is 0 Å². The van der Waals surface area contributed by atoms with E-state index in [0.717, 1.165) is 30.3 Å². The maximum absolute atomic E-state index is 15.0. The first-order chi connectivity index (χ1) is 20.9. The van der Waals surface area contributed by atoms with Crippen LogP contribution < -0.4 is 0 Å². The summed E-state index contributed by atoms with van der Waals surface area (Å²) in [4.78, 5) is 26.8. The molecule has 0 N–H and O–H groups in total. The predicted octanol–water partition coefficient (Wildman–Crippen LogP) is 6.31. The third kappa shape index (κ3) is 5.09. The highest BCUT2D eigenvalue weighted by Crippen LogP contribution is 2.57. The highest BCUT2D eigenvalue weighted by Gasteiger charge is 2.74. The van der Waals surface area contributed by atoms with Crippen molar-refractivity contribution in [3.8, 4) is 0 Å². The van der Waals surface area contributed by atoms with Gasteiger partial charge >= 0.3 is 24.0 Å². The van der Waals surface area contributed by atoms with Gasteiger partial charge in [0, 0.05) is 18.0 Å². The molecule has 1 aliphatic heterocycles. The standard InChI is InChI=1S/C30H29F8NO5S/c1-44-26(41)18-4-2-17(3-5-18)25(40)39-15-14-27(45(42,43)22-10-8-21(31)9-11-22)23-12-7-20(16-19(23)6-13-24(27)39)28(32,29(33,34)35)30(36,37)38/h7-12,16-18,24H,2-6,13-15H2,1H3/t17?,18?,24-,27-/m1/s1. The zero-order valence-corrected chi connectivity index (χ0v) is 24.7. The number of alkyl halides is 7. The first-order valence-corrected chi connectivity index (χ1v) is 15.7. The first kappa shape index (κ1) is 33.1. The summed E-state index contributed by atoms with van der Waals surface area (Å²) in [6.07, 6.45) is -12.0. The second-order valence-corrected chi connectivity index (χ2v) is 14.0. The zero-order chi connectivity index (χ0) is 33.2. The lowest BCUT2D eigenvalue weighted by molar-refractivity contribution is -0.348. The van der Waals surface area contributed by atoms with Crippen molar-refractivity contribution in [1.29, 1.82) is 0 Å². The molecule has 1 saturated carbocycles. The number of carbonyl (C=O) groups is 2. The number of fused-ring (bicyclic) bond motifs is 3. The van der Waals surface area contributed by atoms with E-state index in [0.29, 0.717) is 37.8 Å². The molecule has 0 bridgehead atoms. The molecule has 6 nitrogen and oxygen atoms in total. The summed E-state index contributed by atoms with van der Waals surface area (Å²) in [5.74, 6) is -2.47. The van der Waals surface area contributed by atoms with Crippen LogP contribution in [0, 0.1) is 17.7 Å². The van der Waals surface area contributed by atoms with Gasteiger partial charge in [-0.15, -0.1) is 0 Å². The van der Waals surface area contributed by atoms with Crippen molar-refractivity contribution >= 4 is 21.7 Å². The number of nitrogens with zero attached hydrogens (tertiary/aromatic N) is 1. The molecule has 15 heteroatoms. The van der Waals surface area contributed by atoms with Crippen molar-refractivity contribution in [2.75, 3.05) is 13.7 Å². The van der Waals surface area contributed by atoms with Crippen molar-refractivity contribution < 1.29 is 57.9 Å². The molecule has 45 heavy (non-hydrogen) atoms. The minimum absolute atomic E-state index is 0.0970. The van der Waals surface area contributed by atoms with Crippen LogP contribution >= 0.6 is 0 Å². The number of halogens is 8. The fraction of sp³-hybridized carbons (Fsp3) is 0.533. The van der Waals surface area contributed by atoms with E-state index in [4.69, 9.17) is 4.74 Å². The molecular weight excluding hydrogens is 638 g/mol. The number of aryl methyl sites for hydroxylation is 1. The van der Waals surface area contributed by atoms with Crippen LogP contribution in [-0.4, -0.2) is 57.2 Å². The number of hydrogen-bond donors (Lipinski definition) is 0. The third-order valence-electron chi connectivity index (χ3n) is 9.56. The molecule has 246 valence electrons. The van der Waals surface area contributed by atoms with Crippen LogP contribution in [0.4, 0.5) is 35.1 Å². The molecule has 2 atom stereocenters. The molecule has 2 fully saturated rings. The largest absolute Gasteiger partial charge is 0.469 e. The van der Waals surface area contributed by atoms with Crippen molar-refractivity contribution in [2.24, 2.45) is 11.8 Å². The fourth-order valence-electron chi connectivity index (χ4n) is 7.30. The molecule has 1 saturated heterocycles. The smallest absolute Gasteiger partial charge is 0.435 e. The summed E-state index contributed by atoms with van der Waals surface area (Å²) in [7, 11) is -3.32. The van der Waals surface area contributed by atoms with Gasteiger partial charge in [0.15, 0.2) is 9.84 Å². The highest BCUT2D eigenvalue weighted by atomic mass is 32.2. The lowest BCUT2D eigenvalue weighted by atomic mass is 9.76. The van der Waals surface area contributed by atoms with Crippen LogP contribution in [0.3, 0.4) is 0 Å². The van der Waals surface area contributed by atoms with Gasteiger partial charge in [-0.05, 0) is 80.3 Å². The predicted molar refractivity (Wildman–Crippen MR) is 143 cm³/mol. The number of ether oxygens (including phenoxy) is 1. The van der Waals surface area contributed by atoms with E-state index < -0.39 is 61.9 Å². The highest BCUT2D eigenvalue weighted by molar-refractivity contribution is 7.92. The SMILES string of the molecule is COC(=O)C1CCC(C(=O)N2CC[C@@]3(S(=O)(=O)c4ccc(F)cc4)c4ccc(C(F)(C(F)(F)F)C(F)(F)F)cc4CC[C@@H]23)CC1. The van der Waals surface area contributed by atoms with Crippen LogP contribution in [0.1, 0.15) is 55.2 Å². The van der Waals surface area contributed by atoms with Crippen LogP contribution in [-0.2, 0) is 41.0 Å². The van der Waals surface area contributed by atoms with Crippen molar-refractivity contribution in [1.82, 2.24) is 4.90 Å². The lowest BCUT2D eigenvalue weighted by Crippen LogP contribution is -2.53. The summed E-state index contributed by atoms with van der Waals surface area (Å²) in [5.41, 5.74) is -7.81. The summed E-state index contributed by atoms with van der Waals surface area (Å²) >= 11 is 0. The Morgan fingerprint density at radius 1 is 0.867 bits per heavy atom. The van der Waals surface area contributed by atoms with Gasteiger partial charge in [0.2, 0.25) is 5.91 Å². The molecular formula is C30H29F8NO5S. The Labute approximate surface area is 253 Å². The third-order valence-corrected chi connectivity index (χ3v) is 12.1. The van der Waals surface area contributed by atoms with Gasteiger partial charge in [0.1, 0.15) is 10.6 Å². The number of amides is 1. The number of carbonyl (C=O) groups excluding carboxylic acids is 2. The average Bonchev–Trinajstić information content (AvgIpc) is 3.40. The maximum atomic E-state index is 15.0. The van der Waals surface area contributed by atoms with E-state index in [1.165, 1.54) is 12.0 Å². The molecule has 0 aromatic heterocycles. The van der Waals surface area contributed by atoms with Gasteiger partial charge < -0.3 is 9.64 Å². The Kier molecular flexibility index (Phi) is 8.27. The topological polar surface area (TPSA) is 80.8 Å². The Balaban J connectivity index is 1.60. The van der Waals surface area contributed by atoms with Crippen molar-refractivity contribution in [3.63, 3.8) is 0 Å². The molecule has 2 aliphatic carbocycles. The van der Waals surface area contributed by atoms with E-state index >= 15 is 0 Å². The van der Waals surface area contributed by atoms with Crippen molar-refractivity contribution in [3.05, 3.63) is 65.0 Å². The second kappa shape index (κ2) is 11.2. The summed E-state index contributed by atoms with van der Waals surface area (Å²) in [6.45, 7) is -0.0970. The molecule has 1 heterocycles. The number of benzene rings is 2. The Morgan fingerprint density at radius 2 is 1.44 bits per heavy atom. The minimum atomic E-state index is -6.36. The van der Waals surface area contributed by atoms with Crippen molar-refractivity contribution in [2.45, 2.75) is 78.7 Å². The zero-order valence-electron chi connectivity index (χ0n) is 23.9. The Hall–Kier alpha value is -3.23. The van der Waals surface area contributed by atoms with E-state index in [-0.39, 0.29) is 53.7 Å². The van der Waals surface area contributed by atoms with Crippen LogP contribution in [0.2, 0.25) is 0 Å². The molecule has 5 rings (SSSR count). The number of methoxy groups -OCH3 is 1. The van der Waals surface area contributed by atoms with Gasteiger partial charge in [-0.25, -0.2) is 17.2 Å². The van der Waals surface area contributed by atoms with Gasteiger partial charge in [-0.1, -0.05) is 18.2 Å². The summed E-state index contributed by atoms with van der Waals surface area (Å²) in [6, 6.07) is 4.20. The van der Waals surface area contributed by atoms with Gasteiger partial charge in [0.25, 0.3) is 0 Å². The molecule has 0 radical (unpaired) electrons. The van der Waals surface area contributed by atoms with Gasteiger partial charge in [-0.2, -0.15) is 26.3 Å². The number of likely N-dealkylation sites (tertiary alicyclic amines) is 1. The second-order valence-electron chi connectivity index (χ2n) is 11.8. The molecule has 0 unspecified atom stereocenters. The van der Waals surface area contributed by atoms with Crippen LogP contribution in [0.5, 0.6) is 0 Å². The van der Waals surface area contributed by atoms with Gasteiger partial charge in [0.05, 0.1) is 24.0 Å². The number of hydrogen-bond acceptors (Lipinski definition) is 5. The normalized spacial score (nSPS) is 25.8. The Bertz CT molecular complexity index is 1570. The number of rotatable bonds is 5. The Morgan fingerprint density at radius 3 is 2.00 bits per heavy atom. The first-order valence-electron chi connectivity index (χ1n) is 14.2. The number of esters is 1. The van der Waals surface area contributed by atoms with E-state index in [9.17, 15) is 53.1 Å². The van der Waals surface area contributed by atoms with Crippen LogP contribution in [0.25, 0.3) is 0 Å².